The number of rotatable bonds is 3. The molecular formula is C14H20BrN3O. The number of benzene rings is 1. The van der Waals surface area contributed by atoms with E-state index in [1.807, 2.05) is 6.07 Å². The van der Waals surface area contributed by atoms with Crippen LogP contribution in [0.25, 0.3) is 0 Å². The van der Waals surface area contributed by atoms with Crippen LogP contribution in [0.5, 0.6) is 0 Å². The SMILES string of the molecule is CC1CCCC(CN)N1c1ccc(C(N)=O)cc1Br. The minimum atomic E-state index is -0.408. The van der Waals surface area contributed by atoms with Crippen molar-refractivity contribution in [1.29, 1.82) is 0 Å². The Kier molecular flexibility index (Phi) is 4.47. The van der Waals surface area contributed by atoms with Gasteiger partial charge in [-0.05, 0) is 60.3 Å². The van der Waals surface area contributed by atoms with E-state index in [1.54, 1.807) is 12.1 Å². The molecule has 0 radical (unpaired) electrons. The van der Waals surface area contributed by atoms with Crippen molar-refractivity contribution in [3.63, 3.8) is 0 Å². The molecule has 1 saturated heterocycles. The largest absolute Gasteiger partial charge is 0.366 e. The van der Waals surface area contributed by atoms with E-state index >= 15 is 0 Å². The number of carbonyl (C=O) groups excluding carboxylic acids is 1. The molecule has 0 aromatic heterocycles. The summed E-state index contributed by atoms with van der Waals surface area (Å²) in [5, 5.41) is 0. The minimum Gasteiger partial charge on any atom is -0.366 e. The Labute approximate surface area is 122 Å². The Balaban J connectivity index is 2.36. The number of hydrogen-bond donors (Lipinski definition) is 2. The Hall–Kier alpha value is -1.07. The van der Waals surface area contributed by atoms with Crippen molar-refractivity contribution in [3.05, 3.63) is 28.2 Å². The molecule has 1 heterocycles. The monoisotopic (exact) mass is 325 g/mol. The smallest absolute Gasteiger partial charge is 0.248 e. The molecule has 4 N–H and O–H groups in total. The summed E-state index contributed by atoms with van der Waals surface area (Å²) in [5.74, 6) is -0.408. The molecule has 5 heteroatoms. The maximum Gasteiger partial charge on any atom is 0.248 e. The molecule has 0 saturated carbocycles. The van der Waals surface area contributed by atoms with Gasteiger partial charge >= 0.3 is 0 Å². The average Bonchev–Trinajstić information content (AvgIpc) is 2.38. The van der Waals surface area contributed by atoms with E-state index in [1.165, 1.54) is 12.8 Å². The van der Waals surface area contributed by atoms with Crippen LogP contribution in [0.3, 0.4) is 0 Å². The molecule has 2 rings (SSSR count). The van der Waals surface area contributed by atoms with Gasteiger partial charge in [0.15, 0.2) is 0 Å². The van der Waals surface area contributed by atoms with Crippen molar-refractivity contribution in [3.8, 4) is 0 Å². The van der Waals surface area contributed by atoms with Crippen molar-refractivity contribution in [1.82, 2.24) is 0 Å². The average molecular weight is 326 g/mol. The van der Waals surface area contributed by atoms with Gasteiger partial charge in [-0.2, -0.15) is 0 Å². The van der Waals surface area contributed by atoms with Gasteiger partial charge in [0.2, 0.25) is 5.91 Å². The molecular weight excluding hydrogens is 306 g/mol. The lowest BCUT2D eigenvalue weighted by Gasteiger charge is -2.42. The summed E-state index contributed by atoms with van der Waals surface area (Å²) >= 11 is 3.54. The van der Waals surface area contributed by atoms with Gasteiger partial charge in [0, 0.05) is 28.7 Å². The summed E-state index contributed by atoms with van der Waals surface area (Å²) in [6.07, 6.45) is 3.50. The maximum absolute atomic E-state index is 11.2. The summed E-state index contributed by atoms with van der Waals surface area (Å²) in [7, 11) is 0. The first kappa shape index (κ1) is 14.3. The van der Waals surface area contributed by atoms with Crippen molar-refractivity contribution in [2.45, 2.75) is 38.3 Å². The van der Waals surface area contributed by atoms with Gasteiger partial charge in [-0.3, -0.25) is 4.79 Å². The number of anilines is 1. The molecule has 1 aromatic carbocycles. The van der Waals surface area contributed by atoms with Crippen LogP contribution in [0.4, 0.5) is 5.69 Å². The second-order valence-corrected chi connectivity index (χ2v) is 5.96. The van der Waals surface area contributed by atoms with E-state index in [-0.39, 0.29) is 0 Å². The van der Waals surface area contributed by atoms with Crippen molar-refractivity contribution in [2.75, 3.05) is 11.4 Å². The van der Waals surface area contributed by atoms with Gasteiger partial charge in [-0.1, -0.05) is 0 Å². The minimum absolute atomic E-state index is 0.361. The summed E-state index contributed by atoms with van der Waals surface area (Å²) in [6, 6.07) is 6.33. The Bertz CT molecular complexity index is 478. The number of nitrogens with zero attached hydrogens (tertiary/aromatic N) is 1. The summed E-state index contributed by atoms with van der Waals surface area (Å²) < 4.78 is 0.899. The highest BCUT2D eigenvalue weighted by Gasteiger charge is 2.28. The third kappa shape index (κ3) is 2.92. The second-order valence-electron chi connectivity index (χ2n) is 5.11. The molecule has 1 amide bonds. The first-order valence-electron chi connectivity index (χ1n) is 6.62. The maximum atomic E-state index is 11.2. The number of primary amides is 1. The predicted octanol–water partition coefficient (Wildman–Crippen LogP) is 2.25. The first-order valence-corrected chi connectivity index (χ1v) is 7.41. The molecule has 1 aliphatic rings. The molecule has 1 fully saturated rings. The zero-order valence-electron chi connectivity index (χ0n) is 11.1. The Morgan fingerprint density at radius 1 is 1.47 bits per heavy atom. The van der Waals surface area contributed by atoms with Gasteiger partial charge in [0.1, 0.15) is 0 Å². The molecule has 2 unspecified atom stereocenters. The first-order chi connectivity index (χ1) is 9.04. The van der Waals surface area contributed by atoms with E-state index in [0.29, 0.717) is 24.2 Å². The quantitative estimate of drug-likeness (QED) is 0.895. The van der Waals surface area contributed by atoms with E-state index < -0.39 is 5.91 Å². The lowest BCUT2D eigenvalue weighted by atomic mass is 9.95. The molecule has 104 valence electrons. The highest BCUT2D eigenvalue weighted by Crippen LogP contribution is 2.34. The van der Waals surface area contributed by atoms with Crippen LogP contribution in [-0.2, 0) is 0 Å². The standard InChI is InChI=1S/C14H20BrN3O/c1-9-3-2-4-11(8-16)18(9)13-6-5-10(14(17)19)7-12(13)15/h5-7,9,11H,2-4,8,16H2,1H3,(H2,17,19). The molecule has 0 aliphatic carbocycles. The summed E-state index contributed by atoms with van der Waals surface area (Å²) in [4.78, 5) is 13.6. The zero-order valence-corrected chi connectivity index (χ0v) is 12.7. The van der Waals surface area contributed by atoms with Crippen LogP contribution in [-0.4, -0.2) is 24.5 Å². The van der Waals surface area contributed by atoms with Crippen LogP contribution in [0.15, 0.2) is 22.7 Å². The Morgan fingerprint density at radius 3 is 2.79 bits per heavy atom. The predicted molar refractivity (Wildman–Crippen MR) is 81.3 cm³/mol. The van der Waals surface area contributed by atoms with Crippen LogP contribution in [0.1, 0.15) is 36.5 Å². The fourth-order valence-corrected chi connectivity index (χ4v) is 3.41. The normalized spacial score (nSPS) is 23.4. The number of piperidine rings is 1. The van der Waals surface area contributed by atoms with E-state index in [2.05, 4.69) is 27.8 Å². The number of amides is 1. The topological polar surface area (TPSA) is 72.3 Å². The van der Waals surface area contributed by atoms with E-state index in [9.17, 15) is 4.79 Å². The van der Waals surface area contributed by atoms with E-state index in [4.69, 9.17) is 11.5 Å². The van der Waals surface area contributed by atoms with Gasteiger partial charge in [0.25, 0.3) is 0 Å². The third-order valence-electron chi connectivity index (χ3n) is 3.81. The van der Waals surface area contributed by atoms with Crippen molar-refractivity contribution in [2.24, 2.45) is 11.5 Å². The molecule has 0 bridgehead atoms. The molecule has 19 heavy (non-hydrogen) atoms. The van der Waals surface area contributed by atoms with Crippen LogP contribution < -0.4 is 16.4 Å². The molecule has 0 spiro atoms. The fourth-order valence-electron chi connectivity index (χ4n) is 2.82. The van der Waals surface area contributed by atoms with Gasteiger partial charge in [-0.15, -0.1) is 0 Å². The molecule has 2 atom stereocenters. The number of nitrogens with two attached hydrogens (primary N) is 2. The van der Waals surface area contributed by atoms with Crippen molar-refractivity contribution < 1.29 is 4.79 Å². The fraction of sp³-hybridized carbons (Fsp3) is 0.500. The summed E-state index contributed by atoms with van der Waals surface area (Å²) in [6.45, 7) is 2.87. The third-order valence-corrected chi connectivity index (χ3v) is 4.45. The van der Waals surface area contributed by atoms with Crippen molar-refractivity contribution >= 4 is 27.5 Å². The van der Waals surface area contributed by atoms with E-state index in [0.717, 1.165) is 16.6 Å². The van der Waals surface area contributed by atoms with Crippen LogP contribution in [0.2, 0.25) is 0 Å². The zero-order chi connectivity index (χ0) is 14.0. The molecule has 1 aromatic rings. The molecule has 1 aliphatic heterocycles. The number of halogens is 1. The molecule has 4 nitrogen and oxygen atoms in total. The van der Waals surface area contributed by atoms with Gasteiger partial charge in [-0.25, -0.2) is 0 Å². The highest BCUT2D eigenvalue weighted by molar-refractivity contribution is 9.10. The number of carbonyl (C=O) groups is 1. The van der Waals surface area contributed by atoms with Gasteiger partial charge in [0.05, 0.1) is 5.69 Å². The lowest BCUT2D eigenvalue weighted by Crippen LogP contribution is -2.49. The van der Waals surface area contributed by atoms with Crippen LogP contribution >= 0.6 is 15.9 Å². The Morgan fingerprint density at radius 2 is 2.21 bits per heavy atom. The lowest BCUT2D eigenvalue weighted by molar-refractivity contribution is 0.100. The van der Waals surface area contributed by atoms with Gasteiger partial charge < -0.3 is 16.4 Å². The second kappa shape index (κ2) is 5.92. The summed E-state index contributed by atoms with van der Waals surface area (Å²) in [5.41, 5.74) is 12.8. The number of hydrogen-bond acceptors (Lipinski definition) is 3. The van der Waals surface area contributed by atoms with Crippen LogP contribution in [0, 0.1) is 0 Å². The highest BCUT2D eigenvalue weighted by atomic mass is 79.9.